The van der Waals surface area contributed by atoms with Crippen molar-refractivity contribution >= 4 is 16.8 Å². The van der Waals surface area contributed by atoms with Crippen molar-refractivity contribution in [3.05, 3.63) is 102 Å². The van der Waals surface area contributed by atoms with Gasteiger partial charge in [-0.05, 0) is 41.9 Å². The number of para-hydroxylation sites is 1. The third kappa shape index (κ3) is 5.18. The number of H-pyrrole nitrogens is 1. The Morgan fingerprint density at radius 1 is 1.00 bits per heavy atom. The summed E-state index contributed by atoms with van der Waals surface area (Å²) >= 11 is 0. The Balaban J connectivity index is 1.48. The number of fused-ring (bicyclic) bond motifs is 1. The molecule has 3 aromatic carbocycles. The van der Waals surface area contributed by atoms with Crippen molar-refractivity contribution in [1.82, 2.24) is 15.2 Å². The van der Waals surface area contributed by atoms with Crippen LogP contribution in [0.3, 0.4) is 0 Å². The minimum absolute atomic E-state index is 0.0155. The first-order valence-electron chi connectivity index (χ1n) is 10.8. The second-order valence-corrected chi connectivity index (χ2v) is 8.08. The van der Waals surface area contributed by atoms with Gasteiger partial charge in [0.15, 0.2) is 0 Å². The van der Waals surface area contributed by atoms with Crippen molar-refractivity contribution in [2.75, 3.05) is 27.2 Å². The number of carbonyl (C=O) groups is 1. The van der Waals surface area contributed by atoms with Crippen molar-refractivity contribution < 1.29 is 9.53 Å². The molecule has 4 rings (SSSR count). The van der Waals surface area contributed by atoms with Crippen molar-refractivity contribution in [2.24, 2.45) is 0 Å². The van der Waals surface area contributed by atoms with Crippen LogP contribution in [-0.2, 0) is 11.3 Å². The summed E-state index contributed by atoms with van der Waals surface area (Å²) in [6, 6.07) is 26.5. The fraction of sp³-hybridized carbons (Fsp3) is 0.222. The lowest BCUT2D eigenvalue weighted by Crippen LogP contribution is -2.37. The van der Waals surface area contributed by atoms with E-state index in [2.05, 4.69) is 46.7 Å². The van der Waals surface area contributed by atoms with Gasteiger partial charge in [-0.1, -0.05) is 60.7 Å². The minimum Gasteiger partial charge on any atom is -0.497 e. The van der Waals surface area contributed by atoms with Crippen LogP contribution in [0.2, 0.25) is 0 Å². The van der Waals surface area contributed by atoms with Gasteiger partial charge >= 0.3 is 0 Å². The van der Waals surface area contributed by atoms with Crippen molar-refractivity contribution in [3.63, 3.8) is 0 Å². The first kappa shape index (κ1) is 21.7. The quantitative estimate of drug-likeness (QED) is 0.412. The lowest BCUT2D eigenvalue weighted by molar-refractivity contribution is -0.122. The molecule has 1 amide bonds. The van der Waals surface area contributed by atoms with Gasteiger partial charge in [-0.15, -0.1) is 0 Å². The topological polar surface area (TPSA) is 57.4 Å². The van der Waals surface area contributed by atoms with Gasteiger partial charge in [-0.2, -0.15) is 0 Å². The van der Waals surface area contributed by atoms with Gasteiger partial charge in [0.2, 0.25) is 5.91 Å². The van der Waals surface area contributed by atoms with E-state index in [0.717, 1.165) is 23.4 Å². The number of nitrogens with zero attached hydrogens (tertiary/aromatic N) is 1. The highest BCUT2D eigenvalue weighted by Crippen LogP contribution is 2.31. The number of amides is 1. The molecule has 4 aromatic rings. The number of hydrogen-bond acceptors (Lipinski definition) is 3. The Hall–Kier alpha value is -3.57. The summed E-state index contributed by atoms with van der Waals surface area (Å²) in [6.07, 6.45) is 2.05. The maximum absolute atomic E-state index is 12.7. The van der Waals surface area contributed by atoms with Crippen LogP contribution in [0.1, 0.15) is 22.6 Å². The Labute approximate surface area is 189 Å². The summed E-state index contributed by atoms with van der Waals surface area (Å²) in [4.78, 5) is 18.1. The van der Waals surface area contributed by atoms with Crippen LogP contribution < -0.4 is 10.1 Å². The van der Waals surface area contributed by atoms with Crippen molar-refractivity contribution in [3.8, 4) is 5.75 Å². The average Bonchev–Trinajstić information content (AvgIpc) is 3.24. The Morgan fingerprint density at radius 2 is 1.72 bits per heavy atom. The molecule has 0 radical (unpaired) electrons. The second-order valence-electron chi connectivity index (χ2n) is 8.08. The standard InChI is InChI=1S/C27H29N3O2/c1-30(18-20-8-4-3-5-9-20)19-27(31)29-16-24(21-12-14-22(32-2)15-13-21)25-17-28-26-11-7-6-10-23(25)26/h3-15,17,24,28H,16,18-19H2,1-2H3,(H,29,31)/t24-/m1/s1. The molecule has 1 aromatic heterocycles. The molecule has 0 aliphatic carbocycles. The van der Waals surface area contributed by atoms with E-state index in [1.54, 1.807) is 7.11 Å². The predicted octanol–water partition coefficient (Wildman–Crippen LogP) is 4.56. The van der Waals surface area contributed by atoms with Crippen molar-refractivity contribution in [1.29, 1.82) is 0 Å². The third-order valence-electron chi connectivity index (χ3n) is 5.73. The molecule has 0 saturated carbocycles. The molecule has 0 unspecified atom stereocenters. The number of rotatable bonds is 9. The third-order valence-corrected chi connectivity index (χ3v) is 5.73. The summed E-state index contributed by atoms with van der Waals surface area (Å²) in [7, 11) is 3.63. The number of ether oxygens (including phenoxy) is 1. The highest BCUT2D eigenvalue weighted by Gasteiger charge is 2.19. The fourth-order valence-electron chi connectivity index (χ4n) is 4.09. The van der Waals surface area contributed by atoms with E-state index in [4.69, 9.17) is 4.74 Å². The number of hydrogen-bond donors (Lipinski definition) is 2. The molecule has 1 heterocycles. The number of aromatic amines is 1. The number of nitrogens with one attached hydrogen (secondary N) is 2. The van der Waals surface area contributed by atoms with Crippen LogP contribution in [-0.4, -0.2) is 43.0 Å². The van der Waals surface area contributed by atoms with E-state index in [1.807, 2.05) is 60.6 Å². The predicted molar refractivity (Wildman–Crippen MR) is 129 cm³/mol. The molecule has 0 saturated heterocycles. The largest absolute Gasteiger partial charge is 0.497 e. The zero-order valence-corrected chi connectivity index (χ0v) is 18.5. The van der Waals surface area contributed by atoms with Gasteiger partial charge in [0.1, 0.15) is 5.75 Å². The minimum atomic E-state index is 0.0155. The molecule has 164 valence electrons. The van der Waals surface area contributed by atoms with E-state index >= 15 is 0 Å². The Kier molecular flexibility index (Phi) is 6.87. The van der Waals surface area contributed by atoms with Gasteiger partial charge in [-0.25, -0.2) is 0 Å². The first-order valence-corrected chi connectivity index (χ1v) is 10.8. The molecule has 1 atom stereocenters. The summed E-state index contributed by atoms with van der Waals surface area (Å²) in [5.41, 5.74) is 4.59. The van der Waals surface area contributed by atoms with Gasteiger partial charge < -0.3 is 15.0 Å². The molecular weight excluding hydrogens is 398 g/mol. The summed E-state index contributed by atoms with van der Waals surface area (Å²) < 4.78 is 5.32. The number of methoxy groups -OCH3 is 1. The molecule has 5 nitrogen and oxygen atoms in total. The molecule has 0 fully saturated rings. The summed E-state index contributed by atoms with van der Waals surface area (Å²) in [5.74, 6) is 0.861. The molecule has 2 N–H and O–H groups in total. The zero-order valence-electron chi connectivity index (χ0n) is 18.5. The first-order chi connectivity index (χ1) is 15.6. The van der Waals surface area contributed by atoms with Crippen LogP contribution in [0.5, 0.6) is 5.75 Å². The van der Waals surface area contributed by atoms with Gasteiger partial charge in [-0.3, -0.25) is 9.69 Å². The van der Waals surface area contributed by atoms with Crippen LogP contribution in [0.4, 0.5) is 0 Å². The number of benzene rings is 3. The highest BCUT2D eigenvalue weighted by atomic mass is 16.5. The molecular formula is C27H29N3O2. The number of likely N-dealkylation sites (N-methyl/N-ethyl adjacent to an activating group) is 1. The van der Waals surface area contributed by atoms with E-state index < -0.39 is 0 Å². The van der Waals surface area contributed by atoms with Crippen molar-refractivity contribution in [2.45, 2.75) is 12.5 Å². The smallest absolute Gasteiger partial charge is 0.234 e. The number of aromatic nitrogens is 1. The maximum Gasteiger partial charge on any atom is 0.234 e. The Bertz CT molecular complexity index is 1150. The molecule has 32 heavy (non-hydrogen) atoms. The lowest BCUT2D eigenvalue weighted by Gasteiger charge is -2.20. The normalized spacial score (nSPS) is 12.1. The van der Waals surface area contributed by atoms with Gasteiger partial charge in [0, 0.05) is 36.1 Å². The average molecular weight is 428 g/mol. The fourth-order valence-corrected chi connectivity index (χ4v) is 4.09. The van der Waals surface area contributed by atoms with E-state index in [9.17, 15) is 4.79 Å². The second kappa shape index (κ2) is 10.2. The summed E-state index contributed by atoms with van der Waals surface area (Å²) in [6.45, 7) is 1.60. The summed E-state index contributed by atoms with van der Waals surface area (Å²) in [5, 5.41) is 4.32. The monoisotopic (exact) mass is 427 g/mol. The van der Waals surface area contributed by atoms with Crippen LogP contribution in [0.15, 0.2) is 85.1 Å². The number of carbonyl (C=O) groups excluding carboxylic acids is 1. The maximum atomic E-state index is 12.7. The van der Waals surface area contributed by atoms with Crippen LogP contribution in [0.25, 0.3) is 10.9 Å². The molecule has 0 aliphatic rings. The molecule has 5 heteroatoms. The van der Waals surface area contributed by atoms with Crippen LogP contribution >= 0.6 is 0 Å². The molecule has 0 spiro atoms. The highest BCUT2D eigenvalue weighted by molar-refractivity contribution is 5.84. The van der Waals surface area contributed by atoms with E-state index in [0.29, 0.717) is 13.1 Å². The van der Waals surface area contributed by atoms with E-state index in [-0.39, 0.29) is 11.8 Å². The lowest BCUT2D eigenvalue weighted by atomic mass is 9.90. The Morgan fingerprint density at radius 3 is 2.47 bits per heavy atom. The van der Waals surface area contributed by atoms with Crippen LogP contribution in [0, 0.1) is 0 Å². The molecule has 0 aliphatic heterocycles. The zero-order chi connectivity index (χ0) is 22.3. The van der Waals surface area contributed by atoms with Gasteiger partial charge in [0.05, 0.1) is 13.7 Å². The molecule has 0 bridgehead atoms. The van der Waals surface area contributed by atoms with Gasteiger partial charge in [0.25, 0.3) is 0 Å². The SMILES string of the molecule is COc1ccc([C@@H](CNC(=O)CN(C)Cc2ccccc2)c2c[nH]c3ccccc23)cc1. The van der Waals surface area contributed by atoms with E-state index in [1.165, 1.54) is 16.5 Å².